The van der Waals surface area contributed by atoms with Crippen LogP contribution in [0.25, 0.3) is 0 Å². The molecule has 1 rings (SSSR count). The van der Waals surface area contributed by atoms with Crippen molar-refractivity contribution in [1.82, 2.24) is 0 Å². The number of alkyl halides is 3. The van der Waals surface area contributed by atoms with Crippen LogP contribution < -0.4 is 10.2 Å². The molecule has 2 N–H and O–H groups in total. The number of nitrogens with zero attached hydrogens (tertiary/aromatic N) is 1. The Morgan fingerprint density at radius 2 is 1.94 bits per heavy atom. The summed E-state index contributed by atoms with van der Waals surface area (Å²) < 4.78 is 39.5. The molecule has 0 aliphatic heterocycles. The van der Waals surface area contributed by atoms with Gasteiger partial charge in [-0.25, -0.2) is 0 Å². The Balaban J connectivity index is 3.34. The average Bonchev–Trinajstić information content (AvgIpc) is 2.14. The summed E-state index contributed by atoms with van der Waals surface area (Å²) >= 11 is 0. The quantitative estimate of drug-likeness (QED) is 0.453. The zero-order valence-corrected chi connectivity index (χ0v) is 8.01. The van der Waals surface area contributed by atoms with Crippen molar-refractivity contribution in [2.45, 2.75) is 6.36 Å². The fourth-order valence-corrected chi connectivity index (χ4v) is 1.12. The average molecular weight is 251 g/mol. The van der Waals surface area contributed by atoms with Crippen LogP contribution in [0.2, 0.25) is 0 Å². The highest BCUT2D eigenvalue weighted by Crippen LogP contribution is 2.30. The Bertz CT molecular complexity index is 436. The van der Waals surface area contributed by atoms with Crippen molar-refractivity contribution in [3.63, 3.8) is 0 Å². The van der Waals surface area contributed by atoms with Gasteiger partial charge in [-0.3, -0.25) is 10.1 Å². The summed E-state index contributed by atoms with van der Waals surface area (Å²) in [4.78, 5) is 9.36. The second-order valence-electron chi connectivity index (χ2n) is 2.87. The normalized spacial score (nSPS) is 11.1. The molecule has 1 aromatic carbocycles. The van der Waals surface area contributed by atoms with Gasteiger partial charge in [-0.15, -0.1) is 13.2 Å². The highest BCUT2D eigenvalue weighted by Gasteiger charge is 2.37. The molecule has 0 saturated heterocycles. The van der Waals surface area contributed by atoms with Gasteiger partial charge in [0.15, 0.2) is 0 Å². The molecule has 0 saturated carbocycles. The SMILES string of the molecule is O=[N+]([O-])c1cccc(B(O)O)c1OC(F)(F)F. The summed E-state index contributed by atoms with van der Waals surface area (Å²) in [5, 5.41) is 28.1. The van der Waals surface area contributed by atoms with Crippen LogP contribution in [0, 0.1) is 10.1 Å². The van der Waals surface area contributed by atoms with E-state index in [1.54, 1.807) is 0 Å². The topological polar surface area (TPSA) is 92.8 Å². The van der Waals surface area contributed by atoms with Gasteiger partial charge in [0.1, 0.15) is 0 Å². The minimum absolute atomic E-state index is 0.739. The van der Waals surface area contributed by atoms with Gasteiger partial charge in [0, 0.05) is 11.5 Å². The first-order chi connectivity index (χ1) is 7.72. The van der Waals surface area contributed by atoms with E-state index < -0.39 is 35.3 Å². The molecule has 0 atom stereocenters. The van der Waals surface area contributed by atoms with Crippen LogP contribution >= 0.6 is 0 Å². The lowest BCUT2D eigenvalue weighted by Gasteiger charge is -2.12. The molecule has 0 unspecified atom stereocenters. The van der Waals surface area contributed by atoms with Gasteiger partial charge in [-0.2, -0.15) is 0 Å². The maximum absolute atomic E-state index is 12.0. The van der Waals surface area contributed by atoms with E-state index in [4.69, 9.17) is 10.0 Å². The zero-order valence-electron chi connectivity index (χ0n) is 8.01. The van der Waals surface area contributed by atoms with Gasteiger partial charge in [-0.1, -0.05) is 12.1 Å². The van der Waals surface area contributed by atoms with E-state index in [1.807, 2.05) is 0 Å². The van der Waals surface area contributed by atoms with Crippen LogP contribution in [0.15, 0.2) is 18.2 Å². The number of rotatable bonds is 3. The summed E-state index contributed by atoms with van der Waals surface area (Å²) in [7, 11) is -2.31. The van der Waals surface area contributed by atoms with Crippen molar-refractivity contribution in [2.75, 3.05) is 0 Å². The van der Waals surface area contributed by atoms with Gasteiger partial charge in [0.25, 0.3) is 0 Å². The third-order valence-corrected chi connectivity index (χ3v) is 1.72. The monoisotopic (exact) mass is 251 g/mol. The molecule has 0 bridgehead atoms. The van der Waals surface area contributed by atoms with Crippen molar-refractivity contribution in [2.24, 2.45) is 0 Å². The predicted molar refractivity (Wildman–Crippen MR) is 49.6 cm³/mol. The maximum Gasteiger partial charge on any atom is 0.573 e. The Hall–Kier alpha value is -1.81. The van der Waals surface area contributed by atoms with E-state index in [0.29, 0.717) is 0 Å². The van der Waals surface area contributed by atoms with Crippen molar-refractivity contribution in [3.8, 4) is 5.75 Å². The van der Waals surface area contributed by atoms with E-state index in [1.165, 1.54) is 0 Å². The fraction of sp³-hybridized carbons (Fsp3) is 0.143. The molecular weight excluding hydrogens is 246 g/mol. The molecule has 0 radical (unpaired) electrons. The lowest BCUT2D eigenvalue weighted by molar-refractivity contribution is -0.388. The molecule has 17 heavy (non-hydrogen) atoms. The lowest BCUT2D eigenvalue weighted by Crippen LogP contribution is -2.34. The van der Waals surface area contributed by atoms with Crippen LogP contribution in [0.3, 0.4) is 0 Å². The summed E-state index contributed by atoms with van der Waals surface area (Å²) in [5.74, 6) is -1.24. The molecule has 0 aliphatic rings. The molecule has 0 aliphatic carbocycles. The van der Waals surface area contributed by atoms with Gasteiger partial charge in [0.2, 0.25) is 5.75 Å². The van der Waals surface area contributed by atoms with Crippen LogP contribution in [-0.2, 0) is 0 Å². The van der Waals surface area contributed by atoms with E-state index in [9.17, 15) is 23.3 Å². The number of ether oxygens (including phenoxy) is 1. The first-order valence-electron chi connectivity index (χ1n) is 4.11. The van der Waals surface area contributed by atoms with Crippen molar-refractivity contribution < 1.29 is 32.9 Å². The van der Waals surface area contributed by atoms with Crippen molar-refractivity contribution >= 4 is 18.3 Å². The lowest BCUT2D eigenvalue weighted by atomic mass is 9.79. The Morgan fingerprint density at radius 3 is 2.35 bits per heavy atom. The largest absolute Gasteiger partial charge is 0.573 e. The highest BCUT2D eigenvalue weighted by molar-refractivity contribution is 6.60. The molecule has 0 heterocycles. The van der Waals surface area contributed by atoms with Crippen molar-refractivity contribution in [3.05, 3.63) is 28.3 Å². The molecule has 10 heteroatoms. The predicted octanol–water partition coefficient (Wildman–Crippen LogP) is 0.173. The van der Waals surface area contributed by atoms with Crippen LogP contribution in [0.5, 0.6) is 5.75 Å². The smallest absolute Gasteiger partial charge is 0.423 e. The van der Waals surface area contributed by atoms with Gasteiger partial charge in [-0.05, 0) is 0 Å². The van der Waals surface area contributed by atoms with E-state index in [2.05, 4.69) is 4.74 Å². The third-order valence-electron chi connectivity index (χ3n) is 1.72. The highest BCUT2D eigenvalue weighted by atomic mass is 19.4. The molecule has 0 fully saturated rings. The minimum atomic E-state index is -5.17. The maximum atomic E-state index is 12.0. The Kier molecular flexibility index (Phi) is 3.58. The van der Waals surface area contributed by atoms with Crippen LogP contribution in [0.4, 0.5) is 18.9 Å². The van der Waals surface area contributed by atoms with Crippen LogP contribution in [0.1, 0.15) is 0 Å². The molecule has 0 aromatic heterocycles. The van der Waals surface area contributed by atoms with E-state index in [0.717, 1.165) is 18.2 Å². The third kappa shape index (κ3) is 3.33. The molecule has 6 nitrogen and oxygen atoms in total. The fourth-order valence-electron chi connectivity index (χ4n) is 1.12. The number of hydrogen-bond donors (Lipinski definition) is 2. The molecule has 92 valence electrons. The second kappa shape index (κ2) is 4.59. The van der Waals surface area contributed by atoms with Gasteiger partial charge in [0.05, 0.1) is 4.92 Å². The first kappa shape index (κ1) is 13.3. The number of halogens is 3. The molecule has 1 aromatic rings. The number of benzene rings is 1. The Morgan fingerprint density at radius 1 is 1.35 bits per heavy atom. The molecule has 0 spiro atoms. The summed E-state index contributed by atoms with van der Waals surface area (Å²) in [6.45, 7) is 0. The summed E-state index contributed by atoms with van der Waals surface area (Å²) in [5.41, 5.74) is -1.75. The summed E-state index contributed by atoms with van der Waals surface area (Å²) in [6, 6.07) is 2.64. The van der Waals surface area contributed by atoms with Gasteiger partial charge >= 0.3 is 19.2 Å². The number of nitro benzene ring substituents is 1. The number of hydrogen-bond acceptors (Lipinski definition) is 5. The molecular formula is C7H5BF3NO5. The van der Waals surface area contributed by atoms with E-state index >= 15 is 0 Å². The standard InChI is InChI=1S/C7H5BF3NO5/c9-7(10,11)17-6-4(8(13)14)2-1-3-5(6)12(15)16/h1-3,13-14H. The van der Waals surface area contributed by atoms with Gasteiger partial charge < -0.3 is 14.8 Å². The zero-order chi connectivity index (χ0) is 13.2. The minimum Gasteiger partial charge on any atom is -0.423 e. The second-order valence-corrected chi connectivity index (χ2v) is 2.87. The first-order valence-corrected chi connectivity index (χ1v) is 4.11. The van der Waals surface area contributed by atoms with Crippen LogP contribution in [-0.4, -0.2) is 28.5 Å². The summed E-state index contributed by atoms with van der Waals surface area (Å²) in [6.07, 6.45) is -5.17. The Labute approximate surface area is 92.5 Å². The van der Waals surface area contributed by atoms with E-state index in [-0.39, 0.29) is 0 Å². The number of para-hydroxylation sites is 1. The number of nitro groups is 1. The van der Waals surface area contributed by atoms with Crippen molar-refractivity contribution in [1.29, 1.82) is 0 Å². The molecule has 0 amide bonds.